The van der Waals surface area contributed by atoms with Gasteiger partial charge in [-0.2, -0.15) is 4.31 Å². The van der Waals surface area contributed by atoms with Crippen LogP contribution in [0.25, 0.3) is 10.8 Å². The van der Waals surface area contributed by atoms with Crippen LogP contribution >= 0.6 is 0 Å². The van der Waals surface area contributed by atoms with E-state index in [0.29, 0.717) is 24.5 Å². The van der Waals surface area contributed by atoms with E-state index in [2.05, 4.69) is 5.32 Å². The fourth-order valence-electron chi connectivity index (χ4n) is 2.86. The smallest absolute Gasteiger partial charge is 0.243 e. The molecule has 1 aliphatic heterocycles. The number of piperazine rings is 1. The van der Waals surface area contributed by atoms with E-state index in [-0.39, 0.29) is 5.54 Å². The summed E-state index contributed by atoms with van der Waals surface area (Å²) < 4.78 is 27.6. The van der Waals surface area contributed by atoms with E-state index in [1.165, 1.54) is 0 Å². The topological polar surface area (TPSA) is 49.4 Å². The lowest BCUT2D eigenvalue weighted by molar-refractivity contribution is 0.234. The third-order valence-corrected chi connectivity index (χ3v) is 5.81. The minimum atomic E-state index is -3.47. The Balaban J connectivity index is 2.09. The molecule has 0 unspecified atom stereocenters. The second kappa shape index (κ2) is 5.09. The van der Waals surface area contributed by atoms with Gasteiger partial charge in [0.25, 0.3) is 0 Å². The quantitative estimate of drug-likeness (QED) is 0.925. The molecule has 0 spiro atoms. The maximum atomic E-state index is 13.0. The lowest BCUT2D eigenvalue weighted by Gasteiger charge is -2.38. The predicted octanol–water partition coefficient (Wildman–Crippen LogP) is 2.21. The van der Waals surface area contributed by atoms with Gasteiger partial charge in [0.05, 0.1) is 4.90 Å². The molecule has 3 rings (SSSR count). The highest BCUT2D eigenvalue weighted by molar-refractivity contribution is 7.89. The number of rotatable bonds is 2. The van der Waals surface area contributed by atoms with Gasteiger partial charge < -0.3 is 5.32 Å². The lowest BCUT2D eigenvalue weighted by atomic mass is 10.0. The van der Waals surface area contributed by atoms with Crippen LogP contribution in [0.5, 0.6) is 0 Å². The van der Waals surface area contributed by atoms with Crippen molar-refractivity contribution in [1.29, 1.82) is 0 Å². The Morgan fingerprint density at radius 2 is 1.81 bits per heavy atom. The van der Waals surface area contributed by atoms with Crippen molar-refractivity contribution in [1.82, 2.24) is 9.62 Å². The van der Waals surface area contributed by atoms with Gasteiger partial charge in [-0.25, -0.2) is 8.42 Å². The van der Waals surface area contributed by atoms with Crippen LogP contribution in [0.2, 0.25) is 0 Å². The fourth-order valence-corrected chi connectivity index (χ4v) is 4.68. The molecule has 0 amide bonds. The van der Waals surface area contributed by atoms with Crippen LogP contribution in [-0.4, -0.2) is 37.9 Å². The highest BCUT2D eigenvalue weighted by Crippen LogP contribution is 2.27. The average molecular weight is 304 g/mol. The molecular weight excluding hydrogens is 284 g/mol. The number of fused-ring (bicyclic) bond motifs is 1. The summed E-state index contributed by atoms with van der Waals surface area (Å²) in [7, 11) is -3.47. The molecule has 112 valence electrons. The van der Waals surface area contributed by atoms with Crippen molar-refractivity contribution in [3.8, 4) is 0 Å². The van der Waals surface area contributed by atoms with Crippen LogP contribution in [-0.2, 0) is 10.0 Å². The largest absolute Gasteiger partial charge is 0.309 e. The van der Waals surface area contributed by atoms with Gasteiger partial charge in [-0.15, -0.1) is 0 Å². The van der Waals surface area contributed by atoms with Crippen molar-refractivity contribution in [2.75, 3.05) is 19.6 Å². The highest BCUT2D eigenvalue weighted by Gasteiger charge is 2.34. The minimum absolute atomic E-state index is 0.199. The van der Waals surface area contributed by atoms with Crippen LogP contribution in [0.3, 0.4) is 0 Å². The van der Waals surface area contributed by atoms with Gasteiger partial charge in [0.2, 0.25) is 10.0 Å². The Hall–Kier alpha value is -1.43. The van der Waals surface area contributed by atoms with E-state index in [9.17, 15) is 8.42 Å². The van der Waals surface area contributed by atoms with Gasteiger partial charge in [0, 0.05) is 30.6 Å². The van der Waals surface area contributed by atoms with Crippen molar-refractivity contribution in [2.45, 2.75) is 24.3 Å². The maximum Gasteiger partial charge on any atom is 0.243 e. The molecule has 4 nitrogen and oxygen atoms in total. The van der Waals surface area contributed by atoms with Crippen molar-refractivity contribution in [2.24, 2.45) is 0 Å². The van der Waals surface area contributed by atoms with Crippen LogP contribution in [0.1, 0.15) is 13.8 Å². The molecule has 1 aliphatic rings. The first kappa shape index (κ1) is 14.5. The van der Waals surface area contributed by atoms with Gasteiger partial charge in [-0.1, -0.05) is 36.4 Å². The zero-order valence-electron chi connectivity index (χ0n) is 12.3. The molecule has 0 aromatic heterocycles. The number of benzene rings is 2. The molecule has 0 aliphatic carbocycles. The Morgan fingerprint density at radius 3 is 2.57 bits per heavy atom. The van der Waals surface area contributed by atoms with Crippen LogP contribution in [0, 0.1) is 0 Å². The Bertz CT molecular complexity index is 763. The van der Waals surface area contributed by atoms with Crippen molar-refractivity contribution in [3.63, 3.8) is 0 Å². The Morgan fingerprint density at radius 1 is 1.10 bits per heavy atom. The molecular formula is C16H20N2O2S. The summed E-state index contributed by atoms with van der Waals surface area (Å²) in [5.41, 5.74) is -0.199. The molecule has 0 bridgehead atoms. The number of hydrogen-bond acceptors (Lipinski definition) is 3. The van der Waals surface area contributed by atoms with E-state index < -0.39 is 10.0 Å². The average Bonchev–Trinajstić information content (AvgIpc) is 2.45. The van der Waals surface area contributed by atoms with E-state index in [4.69, 9.17) is 0 Å². The van der Waals surface area contributed by atoms with Crippen molar-refractivity contribution < 1.29 is 8.42 Å². The van der Waals surface area contributed by atoms with E-state index in [0.717, 1.165) is 10.8 Å². The normalized spacial score (nSPS) is 19.7. The number of sulfonamides is 1. The van der Waals surface area contributed by atoms with Gasteiger partial charge in [0.15, 0.2) is 0 Å². The summed E-state index contributed by atoms with van der Waals surface area (Å²) in [6.07, 6.45) is 0. The van der Waals surface area contributed by atoms with Crippen LogP contribution < -0.4 is 5.32 Å². The minimum Gasteiger partial charge on any atom is -0.309 e. The zero-order chi connectivity index (χ0) is 15.1. The monoisotopic (exact) mass is 304 g/mol. The third kappa shape index (κ3) is 2.69. The lowest BCUT2D eigenvalue weighted by Crippen LogP contribution is -2.58. The molecule has 21 heavy (non-hydrogen) atoms. The molecule has 0 atom stereocenters. The van der Waals surface area contributed by atoms with Crippen LogP contribution in [0.15, 0.2) is 47.4 Å². The number of nitrogens with zero attached hydrogens (tertiary/aromatic N) is 1. The van der Waals surface area contributed by atoms with E-state index >= 15 is 0 Å². The van der Waals surface area contributed by atoms with Gasteiger partial charge in [-0.3, -0.25) is 0 Å². The fraction of sp³-hybridized carbons (Fsp3) is 0.375. The predicted molar refractivity (Wildman–Crippen MR) is 84.8 cm³/mol. The Labute approximate surface area is 125 Å². The summed E-state index contributed by atoms with van der Waals surface area (Å²) in [6.45, 7) is 5.72. The number of hydrogen-bond donors (Lipinski definition) is 1. The van der Waals surface area contributed by atoms with Crippen molar-refractivity contribution >= 4 is 20.8 Å². The van der Waals surface area contributed by atoms with E-state index in [1.54, 1.807) is 10.4 Å². The first-order valence-corrected chi connectivity index (χ1v) is 8.57. The highest BCUT2D eigenvalue weighted by atomic mass is 32.2. The first-order valence-electron chi connectivity index (χ1n) is 7.13. The van der Waals surface area contributed by atoms with E-state index in [1.807, 2.05) is 50.2 Å². The zero-order valence-corrected chi connectivity index (χ0v) is 13.2. The molecule has 2 aromatic rings. The third-order valence-electron chi connectivity index (χ3n) is 3.90. The van der Waals surface area contributed by atoms with Crippen molar-refractivity contribution in [3.05, 3.63) is 42.5 Å². The summed E-state index contributed by atoms with van der Waals surface area (Å²) in [5, 5.41) is 5.08. The summed E-state index contributed by atoms with van der Waals surface area (Å²) in [5.74, 6) is 0. The summed E-state index contributed by atoms with van der Waals surface area (Å²) in [6, 6.07) is 13.1. The molecule has 1 N–H and O–H groups in total. The molecule has 2 aromatic carbocycles. The molecule has 0 radical (unpaired) electrons. The standard InChI is InChI=1S/C16H20N2O2S/c1-16(2)12-18(11-10-17-16)21(19,20)15-9-5-7-13-6-3-4-8-14(13)15/h3-9,17H,10-12H2,1-2H3. The molecule has 0 saturated carbocycles. The first-order chi connectivity index (χ1) is 9.90. The molecule has 1 fully saturated rings. The maximum absolute atomic E-state index is 13.0. The Kier molecular flexibility index (Phi) is 3.51. The number of nitrogens with one attached hydrogen (secondary N) is 1. The second-order valence-electron chi connectivity index (χ2n) is 6.13. The SMILES string of the molecule is CC1(C)CN(S(=O)(=O)c2cccc3ccccc23)CCN1. The molecule has 1 heterocycles. The van der Waals surface area contributed by atoms with Crippen LogP contribution in [0.4, 0.5) is 0 Å². The van der Waals surface area contributed by atoms with Gasteiger partial charge >= 0.3 is 0 Å². The van der Waals surface area contributed by atoms with Gasteiger partial charge in [0.1, 0.15) is 0 Å². The van der Waals surface area contributed by atoms with Gasteiger partial charge in [-0.05, 0) is 25.3 Å². The summed E-state index contributed by atoms with van der Waals surface area (Å²) >= 11 is 0. The molecule has 5 heteroatoms. The second-order valence-corrected chi connectivity index (χ2v) is 8.03. The molecule has 1 saturated heterocycles. The summed E-state index contributed by atoms with van der Waals surface area (Å²) in [4.78, 5) is 0.401.